The van der Waals surface area contributed by atoms with E-state index < -0.39 is 0 Å². The third kappa shape index (κ3) is 4.68. The second-order valence-corrected chi connectivity index (χ2v) is 9.91. The molecule has 0 unspecified atom stereocenters. The number of piperidine rings is 1. The van der Waals surface area contributed by atoms with Crippen LogP contribution in [0.15, 0.2) is 15.7 Å². The van der Waals surface area contributed by atoms with Gasteiger partial charge in [0.1, 0.15) is 4.83 Å². The molecule has 0 aliphatic carbocycles. The second-order valence-electron chi connectivity index (χ2n) is 8.88. The molecule has 2 saturated heterocycles. The number of hydrogen-bond donors (Lipinski definition) is 0. The molecule has 0 radical (unpaired) electrons. The predicted octanol–water partition coefficient (Wildman–Crippen LogP) is 0.557. The van der Waals surface area contributed by atoms with Crippen molar-refractivity contribution < 1.29 is 9.53 Å². The zero-order chi connectivity index (χ0) is 22.8. The van der Waals surface area contributed by atoms with Crippen LogP contribution < -0.4 is 11.2 Å². The lowest BCUT2D eigenvalue weighted by molar-refractivity contribution is 0.0334. The number of ether oxygens (including phenoxy) is 1. The summed E-state index contributed by atoms with van der Waals surface area (Å²) in [5, 5.41) is 0.430. The van der Waals surface area contributed by atoms with E-state index in [0.717, 1.165) is 69.8 Å². The minimum atomic E-state index is -0.374. The summed E-state index contributed by atoms with van der Waals surface area (Å²) in [7, 11) is 5.23. The Hall–Kier alpha value is -2.01. The molecular weight excluding hydrogens is 430 g/mol. The van der Waals surface area contributed by atoms with Crippen LogP contribution >= 0.6 is 11.3 Å². The lowest BCUT2D eigenvalue weighted by Crippen LogP contribution is -2.47. The maximum atomic E-state index is 13.7. The van der Waals surface area contributed by atoms with Crippen LogP contribution in [0, 0.1) is 0 Å². The smallest absolute Gasteiger partial charge is 0.331 e. The Bertz CT molecular complexity index is 1080. The van der Waals surface area contributed by atoms with Crippen LogP contribution in [0.25, 0.3) is 10.2 Å². The van der Waals surface area contributed by atoms with E-state index in [1.165, 1.54) is 23.0 Å². The second kappa shape index (κ2) is 9.86. The van der Waals surface area contributed by atoms with E-state index in [2.05, 4.69) is 16.8 Å². The van der Waals surface area contributed by atoms with Gasteiger partial charge in [0.2, 0.25) is 0 Å². The molecule has 0 bridgehead atoms. The Kier molecular flexibility index (Phi) is 7.14. The van der Waals surface area contributed by atoms with E-state index in [1.54, 1.807) is 13.1 Å². The zero-order valence-electron chi connectivity index (χ0n) is 19.2. The summed E-state index contributed by atoms with van der Waals surface area (Å²) in [6.07, 6.45) is 2.80. The van der Waals surface area contributed by atoms with Crippen molar-refractivity contribution >= 4 is 27.5 Å². The first-order valence-electron chi connectivity index (χ1n) is 11.4. The molecule has 2 aromatic heterocycles. The van der Waals surface area contributed by atoms with Gasteiger partial charge >= 0.3 is 5.69 Å². The summed E-state index contributed by atoms with van der Waals surface area (Å²) in [5.41, 5.74) is -0.724. The number of aryl methyl sites for hydroxylation is 1. The number of likely N-dealkylation sites (tertiary alicyclic amines) is 1. The molecule has 9 nitrogen and oxygen atoms in total. The van der Waals surface area contributed by atoms with Gasteiger partial charge in [-0.15, -0.1) is 11.3 Å². The fraction of sp³-hybridized carbons (Fsp3) is 0.682. The van der Waals surface area contributed by atoms with E-state index >= 15 is 0 Å². The normalized spacial score (nSPS) is 19.0. The average molecular weight is 464 g/mol. The van der Waals surface area contributed by atoms with Crippen LogP contribution in [0.3, 0.4) is 0 Å². The molecule has 4 heterocycles. The first-order valence-corrected chi connectivity index (χ1v) is 12.2. The summed E-state index contributed by atoms with van der Waals surface area (Å²) in [6.45, 7) is 7.00. The molecule has 0 spiro atoms. The fourth-order valence-corrected chi connectivity index (χ4v) is 5.72. The van der Waals surface area contributed by atoms with Crippen LogP contribution in [0.4, 0.5) is 0 Å². The molecule has 1 amide bonds. The Morgan fingerprint density at radius 3 is 2.47 bits per heavy atom. The highest BCUT2D eigenvalue weighted by Crippen LogP contribution is 2.26. The van der Waals surface area contributed by atoms with Crippen molar-refractivity contribution in [3.63, 3.8) is 0 Å². The van der Waals surface area contributed by atoms with E-state index in [-0.39, 0.29) is 23.2 Å². The quantitative estimate of drug-likeness (QED) is 0.623. The van der Waals surface area contributed by atoms with Gasteiger partial charge in [-0.2, -0.15) is 0 Å². The van der Waals surface area contributed by atoms with E-state index in [4.69, 9.17) is 4.74 Å². The van der Waals surface area contributed by atoms with Crippen molar-refractivity contribution in [2.75, 3.05) is 59.5 Å². The molecule has 2 aliphatic rings. The number of aromatic nitrogens is 2. The summed E-state index contributed by atoms with van der Waals surface area (Å²) in [4.78, 5) is 46.4. The zero-order valence-corrected chi connectivity index (χ0v) is 20.0. The van der Waals surface area contributed by atoms with Gasteiger partial charge in [0.15, 0.2) is 0 Å². The van der Waals surface area contributed by atoms with Crippen molar-refractivity contribution in [1.29, 1.82) is 0 Å². The number of hydrogen-bond acceptors (Lipinski definition) is 7. The number of rotatable bonds is 6. The maximum Gasteiger partial charge on any atom is 0.331 e. The number of fused-ring (bicyclic) bond motifs is 1. The fourth-order valence-electron chi connectivity index (χ4n) is 4.66. The minimum Gasteiger partial charge on any atom is -0.379 e. The number of nitrogens with zero attached hydrogens (tertiary/aromatic N) is 5. The number of carbonyl (C=O) groups excluding carboxylic acids is 1. The van der Waals surface area contributed by atoms with Crippen LogP contribution in [-0.4, -0.2) is 95.3 Å². The lowest BCUT2D eigenvalue weighted by atomic mass is 10.0. The van der Waals surface area contributed by atoms with Crippen molar-refractivity contribution in [2.45, 2.75) is 25.3 Å². The Morgan fingerprint density at radius 2 is 1.78 bits per heavy atom. The van der Waals surface area contributed by atoms with Crippen molar-refractivity contribution in [1.82, 2.24) is 23.8 Å². The van der Waals surface area contributed by atoms with Gasteiger partial charge in [0.25, 0.3) is 11.5 Å². The lowest BCUT2D eigenvalue weighted by Gasteiger charge is -2.37. The Labute approximate surface area is 191 Å². The molecule has 176 valence electrons. The molecule has 4 rings (SSSR count). The van der Waals surface area contributed by atoms with E-state index in [9.17, 15) is 14.4 Å². The predicted molar refractivity (Wildman–Crippen MR) is 126 cm³/mol. The number of carbonyl (C=O) groups is 1. The molecular formula is C22H33N5O4S. The summed E-state index contributed by atoms with van der Waals surface area (Å²) in [6, 6.07) is 1.87. The van der Waals surface area contributed by atoms with Gasteiger partial charge in [0.05, 0.1) is 23.5 Å². The monoisotopic (exact) mass is 463 g/mol. The largest absolute Gasteiger partial charge is 0.379 e. The topological polar surface area (TPSA) is 80.0 Å². The van der Waals surface area contributed by atoms with Gasteiger partial charge in [-0.05, 0) is 45.5 Å². The first kappa shape index (κ1) is 23.2. The molecule has 2 aliphatic heterocycles. The summed E-state index contributed by atoms with van der Waals surface area (Å²) in [5.74, 6) is -0.0303. The third-order valence-electron chi connectivity index (χ3n) is 6.70. The standard InChI is InChI=1S/C22H33N5O4S/c1-23-9-5-16(6-10-23)27(8-4-7-26-11-13-31-14-12-26)20(29)18-15-17-19(28)24(2)22(30)25(3)21(17)32-18/h15-16H,4-14H2,1-3H3. The Balaban J connectivity index is 1.57. The summed E-state index contributed by atoms with van der Waals surface area (Å²) >= 11 is 1.24. The van der Waals surface area contributed by atoms with Crippen LogP contribution in [-0.2, 0) is 18.8 Å². The van der Waals surface area contributed by atoms with Crippen molar-refractivity contribution in [2.24, 2.45) is 14.1 Å². The van der Waals surface area contributed by atoms with Crippen molar-refractivity contribution in [3.05, 3.63) is 31.8 Å². The molecule has 0 saturated carbocycles. The molecule has 0 atom stereocenters. The SMILES string of the molecule is CN1CCC(N(CCCN2CCOCC2)C(=O)c2cc3c(=O)n(C)c(=O)n(C)c3s2)CC1. The number of amides is 1. The van der Waals surface area contributed by atoms with Gasteiger partial charge in [-0.1, -0.05) is 0 Å². The highest BCUT2D eigenvalue weighted by Gasteiger charge is 2.29. The molecule has 10 heteroatoms. The molecule has 2 fully saturated rings. The van der Waals surface area contributed by atoms with Crippen LogP contribution in [0.5, 0.6) is 0 Å². The minimum absolute atomic E-state index is 0.0303. The Morgan fingerprint density at radius 1 is 1.09 bits per heavy atom. The van der Waals surface area contributed by atoms with Gasteiger partial charge < -0.3 is 14.5 Å². The van der Waals surface area contributed by atoms with Gasteiger partial charge in [-0.25, -0.2) is 4.79 Å². The third-order valence-corrected chi connectivity index (χ3v) is 7.90. The highest BCUT2D eigenvalue weighted by molar-refractivity contribution is 7.20. The van der Waals surface area contributed by atoms with Gasteiger partial charge in [0, 0.05) is 46.3 Å². The van der Waals surface area contributed by atoms with E-state index in [0.29, 0.717) is 21.6 Å². The summed E-state index contributed by atoms with van der Waals surface area (Å²) < 4.78 is 7.98. The average Bonchev–Trinajstić information content (AvgIpc) is 3.26. The number of morpholine rings is 1. The highest BCUT2D eigenvalue weighted by atomic mass is 32.1. The number of thiophene rings is 1. The van der Waals surface area contributed by atoms with Crippen LogP contribution in [0.1, 0.15) is 28.9 Å². The molecule has 0 N–H and O–H groups in total. The molecule has 2 aromatic rings. The van der Waals surface area contributed by atoms with Crippen molar-refractivity contribution in [3.8, 4) is 0 Å². The van der Waals surface area contributed by atoms with Crippen LogP contribution in [0.2, 0.25) is 0 Å². The first-order chi connectivity index (χ1) is 15.4. The van der Waals surface area contributed by atoms with Gasteiger partial charge in [-0.3, -0.25) is 23.6 Å². The van der Waals surface area contributed by atoms with E-state index in [1.807, 2.05) is 4.90 Å². The molecule has 0 aromatic carbocycles. The maximum absolute atomic E-state index is 13.7. The molecule has 32 heavy (non-hydrogen) atoms.